The molecule has 0 aliphatic heterocycles. The van der Waals surface area contributed by atoms with Crippen molar-refractivity contribution < 1.29 is 9.90 Å². The average molecular weight is 181 g/mol. The van der Waals surface area contributed by atoms with Crippen molar-refractivity contribution in [3.05, 3.63) is 0 Å². The summed E-state index contributed by atoms with van der Waals surface area (Å²) in [7, 11) is 0. The minimum Gasteiger partial charge on any atom is -0.480 e. The lowest BCUT2D eigenvalue weighted by atomic mass is 10.3. The van der Waals surface area contributed by atoms with Crippen molar-refractivity contribution in [2.75, 3.05) is 18.1 Å². The Morgan fingerprint density at radius 1 is 1.60 bits per heavy atom. The monoisotopic (exact) mass is 181 g/mol. The van der Waals surface area contributed by atoms with Gasteiger partial charge in [0.05, 0.1) is 0 Å². The van der Waals surface area contributed by atoms with E-state index in [1.165, 1.54) is 0 Å². The predicted octanol–water partition coefficient (Wildman–Crippen LogP) is -0.111. The van der Waals surface area contributed by atoms with Crippen LogP contribution in [0.25, 0.3) is 0 Å². The van der Waals surface area contributed by atoms with Crippen molar-refractivity contribution in [1.29, 1.82) is 0 Å². The second-order valence-corrected chi connectivity index (χ2v) is 2.56. The summed E-state index contributed by atoms with van der Waals surface area (Å²) in [5.74, 6) is 0.0810. The molecule has 0 fully saturated rings. The van der Waals surface area contributed by atoms with E-state index in [2.05, 4.69) is 30.6 Å². The molecule has 0 bridgehead atoms. The summed E-state index contributed by atoms with van der Waals surface area (Å²) < 4.78 is 0. The number of nitrogens with one attached hydrogen (secondary N) is 1. The Hall–Kier alpha value is 0.130. The van der Waals surface area contributed by atoms with Gasteiger partial charge in [-0.05, 0) is 0 Å². The molecule has 0 saturated carbocycles. The molecule has 0 aromatic heterocycles. The minimum absolute atomic E-state index is 0.309. The molecule has 0 aromatic carbocycles. The van der Waals surface area contributed by atoms with E-state index in [1.54, 1.807) is 0 Å². The molecule has 3 nitrogen and oxygen atoms in total. The molecular formula is C5H11NO2S2. The second-order valence-electron chi connectivity index (χ2n) is 1.75. The second kappa shape index (κ2) is 5.88. The van der Waals surface area contributed by atoms with Crippen LogP contribution in [-0.4, -0.2) is 35.2 Å². The highest BCUT2D eigenvalue weighted by molar-refractivity contribution is 7.80. The highest BCUT2D eigenvalue weighted by Crippen LogP contribution is 1.87. The maximum atomic E-state index is 10.3. The summed E-state index contributed by atoms with van der Waals surface area (Å²) in [5.41, 5.74) is 0. The lowest BCUT2D eigenvalue weighted by Gasteiger charge is -2.09. The Morgan fingerprint density at radius 3 is 2.50 bits per heavy atom. The molecule has 1 unspecified atom stereocenters. The van der Waals surface area contributed by atoms with Gasteiger partial charge in [-0.1, -0.05) is 0 Å². The minimum atomic E-state index is -0.864. The first-order chi connectivity index (χ1) is 4.72. The molecule has 0 heterocycles. The number of hydrogen-bond donors (Lipinski definition) is 4. The normalized spacial score (nSPS) is 13.0. The lowest BCUT2D eigenvalue weighted by Crippen LogP contribution is -2.39. The van der Waals surface area contributed by atoms with Crippen LogP contribution in [0.15, 0.2) is 0 Å². The van der Waals surface area contributed by atoms with Crippen molar-refractivity contribution in [2.24, 2.45) is 0 Å². The van der Waals surface area contributed by atoms with Gasteiger partial charge in [0.1, 0.15) is 6.04 Å². The summed E-state index contributed by atoms with van der Waals surface area (Å²) in [5, 5.41) is 11.2. The summed E-state index contributed by atoms with van der Waals surface area (Å²) in [6.45, 7) is 0.598. The van der Waals surface area contributed by atoms with E-state index in [0.29, 0.717) is 18.1 Å². The van der Waals surface area contributed by atoms with Gasteiger partial charge in [-0.2, -0.15) is 25.3 Å². The lowest BCUT2D eigenvalue weighted by molar-refractivity contribution is -0.138. The highest BCUT2D eigenvalue weighted by atomic mass is 32.1. The summed E-state index contributed by atoms with van der Waals surface area (Å²) in [4.78, 5) is 10.3. The number of rotatable bonds is 5. The van der Waals surface area contributed by atoms with E-state index in [0.717, 1.165) is 0 Å². The maximum Gasteiger partial charge on any atom is 0.321 e. The third-order valence-corrected chi connectivity index (χ3v) is 1.57. The molecule has 0 aromatic rings. The molecule has 0 spiro atoms. The number of carboxylic acid groups (broad SMARTS) is 1. The average Bonchev–Trinajstić information content (AvgIpc) is 1.89. The molecule has 0 rings (SSSR count). The fourth-order valence-corrected chi connectivity index (χ4v) is 0.883. The van der Waals surface area contributed by atoms with Crippen molar-refractivity contribution in [3.8, 4) is 0 Å². The van der Waals surface area contributed by atoms with Crippen molar-refractivity contribution >= 4 is 31.2 Å². The predicted molar refractivity (Wildman–Crippen MR) is 47.1 cm³/mol. The van der Waals surface area contributed by atoms with E-state index in [9.17, 15) is 4.79 Å². The maximum absolute atomic E-state index is 10.3. The largest absolute Gasteiger partial charge is 0.480 e. The van der Waals surface area contributed by atoms with Crippen molar-refractivity contribution in [3.63, 3.8) is 0 Å². The first-order valence-corrected chi connectivity index (χ1v) is 4.16. The van der Waals surface area contributed by atoms with E-state index >= 15 is 0 Å². The molecule has 2 N–H and O–H groups in total. The zero-order valence-corrected chi connectivity index (χ0v) is 7.24. The fraction of sp³-hybridized carbons (Fsp3) is 0.800. The number of thiol groups is 2. The van der Waals surface area contributed by atoms with Gasteiger partial charge in [-0.3, -0.25) is 4.79 Å². The molecule has 5 heteroatoms. The molecule has 0 aliphatic rings. The van der Waals surface area contributed by atoms with Crippen molar-refractivity contribution in [1.82, 2.24) is 5.32 Å². The molecule has 0 amide bonds. The Labute approximate surface area is 71.0 Å². The van der Waals surface area contributed by atoms with Crippen molar-refractivity contribution in [2.45, 2.75) is 6.04 Å². The highest BCUT2D eigenvalue weighted by Gasteiger charge is 2.12. The van der Waals surface area contributed by atoms with E-state index in [4.69, 9.17) is 5.11 Å². The van der Waals surface area contributed by atoms with Crippen LogP contribution in [0.5, 0.6) is 0 Å². The first-order valence-electron chi connectivity index (χ1n) is 2.90. The Morgan fingerprint density at radius 2 is 2.20 bits per heavy atom. The van der Waals surface area contributed by atoms with Gasteiger partial charge in [0.15, 0.2) is 0 Å². The zero-order chi connectivity index (χ0) is 7.98. The van der Waals surface area contributed by atoms with Gasteiger partial charge in [-0.25, -0.2) is 0 Å². The van der Waals surface area contributed by atoms with Gasteiger partial charge in [-0.15, -0.1) is 0 Å². The van der Waals surface area contributed by atoms with Gasteiger partial charge < -0.3 is 10.4 Å². The third kappa shape index (κ3) is 4.03. The summed E-state index contributed by atoms with van der Waals surface area (Å²) >= 11 is 7.78. The zero-order valence-electron chi connectivity index (χ0n) is 5.45. The SMILES string of the molecule is O=C(O)C(CS)NCCS. The topological polar surface area (TPSA) is 49.3 Å². The number of carbonyl (C=O) groups is 1. The summed E-state index contributed by atoms with van der Waals surface area (Å²) in [6.07, 6.45) is 0. The molecular weight excluding hydrogens is 170 g/mol. The first kappa shape index (κ1) is 10.1. The molecule has 10 heavy (non-hydrogen) atoms. The van der Waals surface area contributed by atoms with Crippen LogP contribution < -0.4 is 5.32 Å². The van der Waals surface area contributed by atoms with Crippen LogP contribution >= 0.6 is 25.3 Å². The Balaban J connectivity index is 3.50. The third-order valence-electron chi connectivity index (χ3n) is 0.983. The molecule has 60 valence electrons. The van der Waals surface area contributed by atoms with Gasteiger partial charge in [0.2, 0.25) is 0 Å². The number of aliphatic carboxylic acids is 1. The van der Waals surface area contributed by atoms with Crippen LogP contribution in [0.1, 0.15) is 0 Å². The van der Waals surface area contributed by atoms with Crippen LogP contribution in [0, 0.1) is 0 Å². The Bertz CT molecular complexity index is 110. The van der Waals surface area contributed by atoms with Gasteiger partial charge in [0, 0.05) is 18.1 Å². The standard InChI is InChI=1S/C5H11NO2S2/c7-5(8)4(3-10)6-1-2-9/h4,6,9-10H,1-3H2,(H,7,8). The molecule has 0 saturated heterocycles. The van der Waals surface area contributed by atoms with Crippen LogP contribution in [-0.2, 0) is 4.79 Å². The fourth-order valence-electron chi connectivity index (χ4n) is 0.469. The van der Waals surface area contributed by atoms with Crippen LogP contribution in [0.4, 0.5) is 0 Å². The van der Waals surface area contributed by atoms with Crippen LogP contribution in [0.2, 0.25) is 0 Å². The summed E-state index contributed by atoms with van der Waals surface area (Å²) in [6, 6.07) is -0.546. The van der Waals surface area contributed by atoms with E-state index in [-0.39, 0.29) is 0 Å². The smallest absolute Gasteiger partial charge is 0.321 e. The quantitative estimate of drug-likeness (QED) is 0.448. The molecule has 1 atom stereocenters. The van der Waals surface area contributed by atoms with E-state index < -0.39 is 12.0 Å². The van der Waals surface area contributed by atoms with Crippen LogP contribution in [0.3, 0.4) is 0 Å². The molecule has 0 aliphatic carbocycles. The number of hydrogen-bond acceptors (Lipinski definition) is 4. The van der Waals surface area contributed by atoms with Gasteiger partial charge >= 0.3 is 5.97 Å². The van der Waals surface area contributed by atoms with E-state index in [1.807, 2.05) is 0 Å². The number of carboxylic acids is 1. The van der Waals surface area contributed by atoms with Gasteiger partial charge in [0.25, 0.3) is 0 Å². The molecule has 0 radical (unpaired) electrons. The Kier molecular flexibility index (Phi) is 5.96.